The predicted octanol–water partition coefficient (Wildman–Crippen LogP) is 2.94. The first kappa shape index (κ1) is 17.3. The van der Waals surface area contributed by atoms with Crippen molar-refractivity contribution in [2.45, 2.75) is 19.3 Å². The Kier molecular flexibility index (Phi) is 4.99. The van der Waals surface area contributed by atoms with Crippen LogP contribution in [0.3, 0.4) is 0 Å². The summed E-state index contributed by atoms with van der Waals surface area (Å²) >= 11 is 6.77. The number of furan rings is 1. The van der Waals surface area contributed by atoms with Crippen LogP contribution in [0, 0.1) is 5.92 Å². The maximum Gasteiger partial charge on any atom is 0.266 e. The van der Waals surface area contributed by atoms with Crippen molar-refractivity contribution in [2.24, 2.45) is 5.92 Å². The lowest BCUT2D eigenvalue weighted by Gasteiger charge is -2.28. The molecule has 2 atom stereocenters. The second-order valence-electron chi connectivity index (χ2n) is 6.85. The summed E-state index contributed by atoms with van der Waals surface area (Å²) < 4.78 is 11.9. The molecule has 1 aromatic heterocycles. The highest BCUT2D eigenvalue weighted by atomic mass is 32.2. The maximum atomic E-state index is 12.7. The number of thioether (sulfide) groups is 1. The van der Waals surface area contributed by atoms with Gasteiger partial charge in [0.05, 0.1) is 18.1 Å². The third-order valence-electron chi connectivity index (χ3n) is 5.01. The van der Waals surface area contributed by atoms with Crippen LogP contribution in [-0.2, 0) is 9.53 Å². The van der Waals surface area contributed by atoms with E-state index in [2.05, 4.69) is 11.8 Å². The van der Waals surface area contributed by atoms with Crippen molar-refractivity contribution in [3.63, 3.8) is 0 Å². The van der Waals surface area contributed by atoms with Gasteiger partial charge in [0.25, 0.3) is 5.91 Å². The number of carbonyl (C=O) groups excluding carboxylic acids is 1. The average Bonchev–Trinajstić information content (AvgIpc) is 3.05. The van der Waals surface area contributed by atoms with E-state index < -0.39 is 0 Å². The third kappa shape index (κ3) is 3.84. The summed E-state index contributed by atoms with van der Waals surface area (Å²) in [5, 5.41) is 0. The van der Waals surface area contributed by atoms with Crippen LogP contribution in [0.15, 0.2) is 21.5 Å². The average molecular weight is 379 g/mol. The Balaban J connectivity index is 1.39. The van der Waals surface area contributed by atoms with Gasteiger partial charge >= 0.3 is 0 Å². The summed E-state index contributed by atoms with van der Waals surface area (Å²) in [4.78, 5) is 17.3. The predicted molar refractivity (Wildman–Crippen MR) is 102 cm³/mol. The Morgan fingerprint density at radius 1 is 1.32 bits per heavy atom. The standard InChI is InChI=1S/C18H22N2O3S2/c1-12-10-14(12)15-3-2-13(23-15)11-16-17(21)20(18(24)25-16)5-4-19-6-8-22-9-7-19/h2-3,11-12,14H,4-10H2,1H3/b16-11-. The van der Waals surface area contributed by atoms with Crippen molar-refractivity contribution in [3.8, 4) is 0 Å². The first-order valence-corrected chi connectivity index (χ1v) is 9.99. The van der Waals surface area contributed by atoms with Gasteiger partial charge in [-0.1, -0.05) is 30.9 Å². The molecule has 0 radical (unpaired) electrons. The first-order chi connectivity index (χ1) is 12.1. The van der Waals surface area contributed by atoms with E-state index in [1.54, 1.807) is 4.90 Å². The molecule has 134 valence electrons. The minimum absolute atomic E-state index is 0.0130. The van der Waals surface area contributed by atoms with Gasteiger partial charge in [0.2, 0.25) is 0 Å². The molecule has 1 amide bonds. The van der Waals surface area contributed by atoms with Gasteiger partial charge in [0.15, 0.2) is 0 Å². The molecule has 1 aromatic rings. The summed E-state index contributed by atoms with van der Waals surface area (Å²) in [5.74, 6) is 3.01. The number of thiocarbonyl (C=S) groups is 1. The van der Waals surface area contributed by atoms with Gasteiger partial charge in [-0.15, -0.1) is 0 Å². The highest BCUT2D eigenvalue weighted by Crippen LogP contribution is 2.47. The first-order valence-electron chi connectivity index (χ1n) is 8.77. The van der Waals surface area contributed by atoms with Crippen LogP contribution in [0.4, 0.5) is 0 Å². The number of morpholine rings is 1. The monoisotopic (exact) mass is 378 g/mol. The van der Waals surface area contributed by atoms with E-state index in [1.807, 2.05) is 18.2 Å². The second-order valence-corrected chi connectivity index (χ2v) is 8.52. The van der Waals surface area contributed by atoms with Crippen LogP contribution in [0.25, 0.3) is 6.08 Å². The summed E-state index contributed by atoms with van der Waals surface area (Å²) in [6, 6.07) is 3.97. The van der Waals surface area contributed by atoms with E-state index >= 15 is 0 Å². The molecule has 3 aliphatic rings. The zero-order valence-electron chi connectivity index (χ0n) is 14.3. The normalized spacial score (nSPS) is 29.0. The van der Waals surface area contributed by atoms with Crippen molar-refractivity contribution in [1.82, 2.24) is 9.80 Å². The van der Waals surface area contributed by atoms with Crippen molar-refractivity contribution in [3.05, 3.63) is 28.6 Å². The Morgan fingerprint density at radius 2 is 2.08 bits per heavy atom. The van der Waals surface area contributed by atoms with Crippen molar-refractivity contribution in [2.75, 3.05) is 39.4 Å². The maximum absolute atomic E-state index is 12.7. The molecule has 25 heavy (non-hydrogen) atoms. The molecule has 3 heterocycles. The van der Waals surface area contributed by atoms with Crippen molar-refractivity contribution >= 4 is 40.3 Å². The van der Waals surface area contributed by atoms with E-state index in [0.717, 1.165) is 44.4 Å². The lowest BCUT2D eigenvalue weighted by atomic mass is 10.3. The molecule has 0 bridgehead atoms. The molecular weight excluding hydrogens is 356 g/mol. The quantitative estimate of drug-likeness (QED) is 0.580. The van der Waals surface area contributed by atoms with Crippen LogP contribution in [-0.4, -0.2) is 59.4 Å². The van der Waals surface area contributed by atoms with Gasteiger partial charge in [-0.2, -0.15) is 0 Å². The van der Waals surface area contributed by atoms with E-state index in [9.17, 15) is 4.79 Å². The Hall–Kier alpha value is -1.15. The zero-order valence-corrected chi connectivity index (χ0v) is 15.9. The number of amides is 1. The highest BCUT2D eigenvalue weighted by Gasteiger charge is 2.37. The number of carbonyl (C=O) groups is 1. The third-order valence-corrected chi connectivity index (χ3v) is 6.39. The molecule has 4 rings (SSSR count). The molecule has 5 nitrogen and oxygen atoms in total. The summed E-state index contributed by atoms with van der Waals surface area (Å²) in [6.45, 7) is 7.04. The van der Waals surface area contributed by atoms with Gasteiger partial charge < -0.3 is 9.15 Å². The molecular formula is C18H22N2O3S2. The summed E-state index contributed by atoms with van der Waals surface area (Å²) in [5.41, 5.74) is 0. The zero-order chi connectivity index (χ0) is 17.4. The molecule has 1 saturated carbocycles. The van der Waals surface area contributed by atoms with E-state index in [1.165, 1.54) is 18.2 Å². The highest BCUT2D eigenvalue weighted by molar-refractivity contribution is 8.26. The van der Waals surface area contributed by atoms with Crippen LogP contribution in [0.2, 0.25) is 0 Å². The lowest BCUT2D eigenvalue weighted by Crippen LogP contribution is -2.42. The Morgan fingerprint density at radius 3 is 2.80 bits per heavy atom. The van der Waals surface area contributed by atoms with Crippen molar-refractivity contribution < 1.29 is 13.9 Å². The second kappa shape index (κ2) is 7.23. The SMILES string of the molecule is CC1CC1c1ccc(/C=C2\SC(=S)N(CCN3CCOCC3)C2=O)o1. The molecule has 3 fully saturated rings. The molecule has 7 heteroatoms. The largest absolute Gasteiger partial charge is 0.461 e. The molecule has 1 aliphatic carbocycles. The van der Waals surface area contributed by atoms with Crippen LogP contribution in [0.1, 0.15) is 30.8 Å². The Bertz CT molecular complexity index is 709. The topological polar surface area (TPSA) is 45.9 Å². The fourth-order valence-electron chi connectivity index (χ4n) is 3.25. The molecule has 2 aliphatic heterocycles. The molecule has 2 unspecified atom stereocenters. The molecule has 2 saturated heterocycles. The van der Waals surface area contributed by atoms with Gasteiger partial charge in [-0.25, -0.2) is 0 Å². The fraction of sp³-hybridized carbons (Fsp3) is 0.556. The minimum atomic E-state index is -0.0130. The van der Waals surface area contributed by atoms with Gasteiger partial charge in [0.1, 0.15) is 15.8 Å². The van der Waals surface area contributed by atoms with Gasteiger partial charge in [-0.3, -0.25) is 14.6 Å². The van der Waals surface area contributed by atoms with E-state index in [-0.39, 0.29) is 5.91 Å². The van der Waals surface area contributed by atoms with Crippen LogP contribution < -0.4 is 0 Å². The summed E-state index contributed by atoms with van der Waals surface area (Å²) in [7, 11) is 0. The smallest absolute Gasteiger partial charge is 0.266 e. The number of hydrogen-bond donors (Lipinski definition) is 0. The fourth-order valence-corrected chi connectivity index (χ4v) is 4.54. The van der Waals surface area contributed by atoms with Crippen LogP contribution in [0.5, 0.6) is 0 Å². The van der Waals surface area contributed by atoms with Crippen molar-refractivity contribution in [1.29, 1.82) is 0 Å². The number of hydrogen-bond acceptors (Lipinski definition) is 6. The van der Waals surface area contributed by atoms with E-state index in [0.29, 0.717) is 27.6 Å². The van der Waals surface area contributed by atoms with Gasteiger partial charge in [0, 0.05) is 38.2 Å². The minimum Gasteiger partial charge on any atom is -0.461 e. The summed E-state index contributed by atoms with van der Waals surface area (Å²) in [6.07, 6.45) is 3.02. The van der Waals surface area contributed by atoms with Gasteiger partial charge in [-0.05, 0) is 24.5 Å². The van der Waals surface area contributed by atoms with Crippen LogP contribution >= 0.6 is 24.0 Å². The number of nitrogens with zero attached hydrogens (tertiary/aromatic N) is 2. The molecule has 0 N–H and O–H groups in total. The Labute approximate surface area is 157 Å². The molecule has 0 aromatic carbocycles. The number of rotatable bonds is 5. The number of ether oxygens (including phenoxy) is 1. The lowest BCUT2D eigenvalue weighted by molar-refractivity contribution is -0.122. The van der Waals surface area contributed by atoms with E-state index in [4.69, 9.17) is 21.4 Å². The molecule has 0 spiro atoms.